The summed E-state index contributed by atoms with van der Waals surface area (Å²) in [5, 5.41) is 0. The lowest BCUT2D eigenvalue weighted by molar-refractivity contribution is -0.167. The number of carbonyl (C=O) groups is 3. The fourth-order valence-electron chi connectivity index (χ4n) is 9.53. The topological polar surface area (TPSA) is 78.9 Å². The van der Waals surface area contributed by atoms with E-state index in [1.807, 2.05) is 0 Å². The third kappa shape index (κ3) is 58.5. The Morgan fingerprint density at radius 1 is 0.278 bits per heavy atom. The quantitative estimate of drug-likeness (QED) is 0.0261. The first-order valence-electron chi connectivity index (χ1n) is 32.0. The smallest absolute Gasteiger partial charge is 0.306 e. The zero-order valence-corrected chi connectivity index (χ0v) is 48.5. The molecule has 1 unspecified atom stereocenters. The molecule has 0 fully saturated rings. The number of esters is 3. The molecule has 0 aliphatic carbocycles. The molecule has 0 rings (SSSR count). The molecule has 0 aliphatic heterocycles. The summed E-state index contributed by atoms with van der Waals surface area (Å²) >= 11 is 0. The van der Waals surface area contributed by atoms with Crippen LogP contribution >= 0.6 is 0 Å². The van der Waals surface area contributed by atoms with Crippen LogP contribution in [-0.2, 0) is 28.6 Å². The van der Waals surface area contributed by atoms with Gasteiger partial charge in [0.15, 0.2) is 6.10 Å². The number of rotatable bonds is 59. The van der Waals surface area contributed by atoms with E-state index in [0.717, 1.165) is 77.0 Å². The van der Waals surface area contributed by atoms with E-state index in [0.29, 0.717) is 19.3 Å². The van der Waals surface area contributed by atoms with Crippen LogP contribution < -0.4 is 0 Å². The second kappa shape index (κ2) is 61.2. The standard InChI is InChI=1S/C66H122O6/c1-4-7-10-13-16-19-22-25-27-29-31-32-33-34-35-36-38-39-41-44-47-50-53-56-59-65(68)71-62-63(61-70-64(67)58-55-52-49-46-43-24-21-18-15-12-9-6-3)72-66(69)60-57-54-51-48-45-42-40-37-30-28-26-23-20-17-14-11-8-5-2/h18,20-21,23,28,30,63H,4-17,19,22,24-27,29,31-62H2,1-3H3/b21-18-,23-20-,30-28-. The van der Waals surface area contributed by atoms with Gasteiger partial charge in [-0.1, -0.05) is 288 Å². The maximum absolute atomic E-state index is 12.9. The molecule has 0 bridgehead atoms. The van der Waals surface area contributed by atoms with Gasteiger partial charge in [0.05, 0.1) is 0 Å². The average molecular weight is 1010 g/mol. The lowest BCUT2D eigenvalue weighted by Crippen LogP contribution is -2.30. The van der Waals surface area contributed by atoms with E-state index in [4.69, 9.17) is 14.2 Å². The third-order valence-corrected chi connectivity index (χ3v) is 14.4. The molecule has 0 saturated carbocycles. The molecule has 6 nitrogen and oxygen atoms in total. The van der Waals surface area contributed by atoms with Crippen molar-refractivity contribution in [2.45, 2.75) is 354 Å². The molecular weight excluding hydrogens is 889 g/mol. The second-order valence-corrected chi connectivity index (χ2v) is 21.7. The molecule has 0 aliphatic rings. The first-order valence-corrected chi connectivity index (χ1v) is 32.0. The van der Waals surface area contributed by atoms with Gasteiger partial charge in [-0.15, -0.1) is 0 Å². The maximum Gasteiger partial charge on any atom is 0.306 e. The molecule has 72 heavy (non-hydrogen) atoms. The molecule has 0 radical (unpaired) electrons. The molecule has 422 valence electrons. The molecule has 0 aromatic heterocycles. The Kier molecular flexibility index (Phi) is 59.2. The SMILES string of the molecule is CCCCC/C=C\CCCCCCCC(=O)OCC(COC(=O)CCCCCCCCCCCCCCCCCCCCCCCCCC)OC(=O)CCCCCCCCC/C=C\C/C=C\CCCCCC. The van der Waals surface area contributed by atoms with Crippen molar-refractivity contribution in [1.82, 2.24) is 0 Å². The van der Waals surface area contributed by atoms with Crippen LogP contribution in [0.5, 0.6) is 0 Å². The molecular formula is C66H122O6. The minimum absolute atomic E-state index is 0.0741. The van der Waals surface area contributed by atoms with E-state index in [1.165, 1.54) is 231 Å². The summed E-state index contributed by atoms with van der Waals surface area (Å²) in [6, 6.07) is 0. The highest BCUT2D eigenvalue weighted by molar-refractivity contribution is 5.71. The van der Waals surface area contributed by atoms with E-state index < -0.39 is 6.10 Å². The number of hydrogen-bond acceptors (Lipinski definition) is 6. The van der Waals surface area contributed by atoms with Crippen molar-refractivity contribution in [3.63, 3.8) is 0 Å². The summed E-state index contributed by atoms with van der Waals surface area (Å²) in [5.74, 6) is -0.870. The minimum Gasteiger partial charge on any atom is -0.462 e. The van der Waals surface area contributed by atoms with Crippen LogP contribution in [0, 0.1) is 0 Å². The van der Waals surface area contributed by atoms with E-state index in [-0.39, 0.29) is 31.1 Å². The van der Waals surface area contributed by atoms with Crippen LogP contribution in [0.3, 0.4) is 0 Å². The van der Waals surface area contributed by atoms with E-state index in [2.05, 4.69) is 57.2 Å². The zero-order chi connectivity index (χ0) is 52.2. The van der Waals surface area contributed by atoms with E-state index in [9.17, 15) is 14.4 Å². The molecule has 0 amide bonds. The highest BCUT2D eigenvalue weighted by atomic mass is 16.6. The Balaban J connectivity index is 4.24. The van der Waals surface area contributed by atoms with E-state index >= 15 is 0 Å². The Labute approximate surface area is 448 Å². The van der Waals surface area contributed by atoms with Gasteiger partial charge >= 0.3 is 17.9 Å². The van der Waals surface area contributed by atoms with Crippen molar-refractivity contribution >= 4 is 17.9 Å². The Morgan fingerprint density at radius 3 is 0.819 bits per heavy atom. The van der Waals surface area contributed by atoms with Gasteiger partial charge in [0, 0.05) is 19.3 Å². The number of allylic oxidation sites excluding steroid dienone is 6. The third-order valence-electron chi connectivity index (χ3n) is 14.4. The molecule has 0 heterocycles. The first-order chi connectivity index (χ1) is 35.5. The summed E-state index contributed by atoms with van der Waals surface area (Å²) < 4.78 is 16.9. The van der Waals surface area contributed by atoms with Gasteiger partial charge in [-0.05, 0) is 77.0 Å². The van der Waals surface area contributed by atoms with Crippen LogP contribution in [0.4, 0.5) is 0 Å². The Morgan fingerprint density at radius 2 is 0.500 bits per heavy atom. The molecule has 6 heteroatoms. The predicted molar refractivity (Wildman–Crippen MR) is 312 cm³/mol. The zero-order valence-electron chi connectivity index (χ0n) is 48.5. The second-order valence-electron chi connectivity index (χ2n) is 21.7. The van der Waals surface area contributed by atoms with Crippen molar-refractivity contribution in [1.29, 1.82) is 0 Å². The number of unbranched alkanes of at least 4 members (excludes halogenated alkanes) is 42. The van der Waals surface area contributed by atoms with E-state index in [1.54, 1.807) is 0 Å². The van der Waals surface area contributed by atoms with Gasteiger partial charge in [0.2, 0.25) is 0 Å². The average Bonchev–Trinajstić information content (AvgIpc) is 3.38. The first kappa shape index (κ1) is 69.6. The molecule has 0 saturated heterocycles. The van der Waals surface area contributed by atoms with Crippen LogP contribution in [0.25, 0.3) is 0 Å². The van der Waals surface area contributed by atoms with Crippen LogP contribution in [0.15, 0.2) is 36.5 Å². The lowest BCUT2D eigenvalue weighted by Gasteiger charge is -2.18. The molecule has 0 aromatic rings. The van der Waals surface area contributed by atoms with Gasteiger partial charge in [-0.25, -0.2) is 0 Å². The number of carbonyl (C=O) groups excluding carboxylic acids is 3. The normalized spacial score (nSPS) is 12.2. The van der Waals surface area contributed by atoms with Gasteiger partial charge < -0.3 is 14.2 Å². The molecule has 0 spiro atoms. The van der Waals surface area contributed by atoms with Gasteiger partial charge in [-0.3, -0.25) is 14.4 Å². The van der Waals surface area contributed by atoms with Gasteiger partial charge in [0.25, 0.3) is 0 Å². The lowest BCUT2D eigenvalue weighted by atomic mass is 10.0. The van der Waals surface area contributed by atoms with Gasteiger partial charge in [0.1, 0.15) is 13.2 Å². The molecule has 0 N–H and O–H groups in total. The van der Waals surface area contributed by atoms with Crippen molar-refractivity contribution in [2.75, 3.05) is 13.2 Å². The van der Waals surface area contributed by atoms with Crippen molar-refractivity contribution in [3.8, 4) is 0 Å². The monoisotopic (exact) mass is 1010 g/mol. The summed E-state index contributed by atoms with van der Waals surface area (Å²) in [7, 11) is 0. The highest BCUT2D eigenvalue weighted by Gasteiger charge is 2.19. The number of ether oxygens (including phenoxy) is 3. The number of hydrogen-bond donors (Lipinski definition) is 0. The summed E-state index contributed by atoms with van der Waals surface area (Å²) in [5.41, 5.74) is 0. The minimum atomic E-state index is -0.778. The fraction of sp³-hybridized carbons (Fsp3) is 0.864. The van der Waals surface area contributed by atoms with Crippen molar-refractivity contribution in [2.24, 2.45) is 0 Å². The maximum atomic E-state index is 12.9. The van der Waals surface area contributed by atoms with Crippen molar-refractivity contribution < 1.29 is 28.6 Å². The van der Waals surface area contributed by atoms with Crippen LogP contribution in [0.2, 0.25) is 0 Å². The fourth-order valence-corrected chi connectivity index (χ4v) is 9.53. The predicted octanol–water partition coefficient (Wildman–Crippen LogP) is 21.6. The van der Waals surface area contributed by atoms with Crippen molar-refractivity contribution in [3.05, 3.63) is 36.5 Å². The summed E-state index contributed by atoms with van der Waals surface area (Å²) in [4.78, 5) is 38.2. The summed E-state index contributed by atoms with van der Waals surface area (Å²) in [6.45, 7) is 6.64. The van der Waals surface area contributed by atoms with Crippen LogP contribution in [0.1, 0.15) is 348 Å². The Bertz CT molecular complexity index is 1210. The molecule has 0 aromatic carbocycles. The molecule has 1 atom stereocenters. The van der Waals surface area contributed by atoms with Gasteiger partial charge in [-0.2, -0.15) is 0 Å². The largest absolute Gasteiger partial charge is 0.462 e. The Hall–Kier alpha value is -2.37. The highest BCUT2D eigenvalue weighted by Crippen LogP contribution is 2.18. The van der Waals surface area contributed by atoms with Crippen LogP contribution in [-0.4, -0.2) is 37.2 Å². The summed E-state index contributed by atoms with van der Waals surface area (Å²) in [6.07, 6.45) is 74.4.